The van der Waals surface area contributed by atoms with Crippen molar-refractivity contribution in [2.75, 3.05) is 13.1 Å². The highest BCUT2D eigenvalue weighted by atomic mass is 16.4. The van der Waals surface area contributed by atoms with E-state index < -0.39 is 5.97 Å². The van der Waals surface area contributed by atoms with Gasteiger partial charge in [0.05, 0.1) is 0 Å². The van der Waals surface area contributed by atoms with Crippen molar-refractivity contribution < 1.29 is 9.90 Å². The molecule has 3 heteroatoms. The van der Waals surface area contributed by atoms with Crippen molar-refractivity contribution in [3.8, 4) is 0 Å². The van der Waals surface area contributed by atoms with Crippen molar-refractivity contribution in [3.63, 3.8) is 0 Å². The minimum atomic E-state index is -0.903. The number of carboxylic acids is 1. The summed E-state index contributed by atoms with van der Waals surface area (Å²) in [6.07, 6.45) is 3.72. The predicted octanol–water partition coefficient (Wildman–Crippen LogP) is 2.76. The molecule has 0 aliphatic rings. The highest BCUT2D eigenvalue weighted by Crippen LogP contribution is 2.22. The van der Waals surface area contributed by atoms with Gasteiger partial charge < -0.3 is 10.4 Å². The van der Waals surface area contributed by atoms with E-state index in [1.165, 1.54) is 11.1 Å². The second kappa shape index (κ2) is 7.10. The van der Waals surface area contributed by atoms with Crippen LogP contribution in [0.3, 0.4) is 0 Å². The van der Waals surface area contributed by atoms with Gasteiger partial charge in [0.1, 0.15) is 0 Å². The van der Waals surface area contributed by atoms with E-state index in [2.05, 4.69) is 50.4 Å². The van der Waals surface area contributed by atoms with Gasteiger partial charge in [0.15, 0.2) is 0 Å². The Morgan fingerprint density at radius 3 is 2.42 bits per heavy atom. The van der Waals surface area contributed by atoms with Crippen LogP contribution >= 0.6 is 0 Å². The summed E-state index contributed by atoms with van der Waals surface area (Å²) >= 11 is 0. The van der Waals surface area contributed by atoms with Gasteiger partial charge >= 0.3 is 5.97 Å². The molecule has 1 aromatic rings. The van der Waals surface area contributed by atoms with Gasteiger partial charge in [-0.25, -0.2) is 4.79 Å². The maximum absolute atomic E-state index is 10.3. The molecule has 3 nitrogen and oxygen atoms in total. The van der Waals surface area contributed by atoms with Crippen LogP contribution in [0.2, 0.25) is 0 Å². The molecule has 0 aliphatic heterocycles. The first kappa shape index (κ1) is 15.4. The van der Waals surface area contributed by atoms with E-state index in [9.17, 15) is 4.79 Å². The summed E-state index contributed by atoms with van der Waals surface area (Å²) in [5.41, 5.74) is 2.83. The van der Waals surface area contributed by atoms with E-state index in [1.54, 1.807) is 6.08 Å². The number of benzene rings is 1. The topological polar surface area (TPSA) is 49.3 Å². The van der Waals surface area contributed by atoms with Crippen molar-refractivity contribution in [3.05, 3.63) is 47.5 Å². The molecule has 0 atom stereocenters. The van der Waals surface area contributed by atoms with Crippen LogP contribution in [0.5, 0.6) is 0 Å². The Labute approximate surface area is 115 Å². The summed E-state index contributed by atoms with van der Waals surface area (Å²) < 4.78 is 0. The van der Waals surface area contributed by atoms with E-state index in [4.69, 9.17) is 5.11 Å². The number of carbonyl (C=O) groups is 1. The second-order valence-corrected chi connectivity index (χ2v) is 5.64. The molecule has 2 N–H and O–H groups in total. The standard InChI is InChI=1S/C16H23NO2/c1-16(2,3)14-8-6-13(7-9-14)10-12-17-11-4-5-15(18)19/h4-9,17H,10-12H2,1-3H3,(H,18,19)/b5-4+. The Bertz CT molecular complexity index is 427. The van der Waals surface area contributed by atoms with Crippen LogP contribution in [0, 0.1) is 0 Å². The van der Waals surface area contributed by atoms with Crippen molar-refractivity contribution in [1.29, 1.82) is 0 Å². The summed E-state index contributed by atoms with van der Waals surface area (Å²) in [5.74, 6) is -0.903. The highest BCUT2D eigenvalue weighted by molar-refractivity contribution is 5.79. The van der Waals surface area contributed by atoms with Crippen LogP contribution < -0.4 is 5.32 Å². The summed E-state index contributed by atoms with van der Waals surface area (Å²) in [6.45, 7) is 8.06. The molecule has 0 heterocycles. The molecule has 0 fully saturated rings. The van der Waals surface area contributed by atoms with Gasteiger partial charge in [0.2, 0.25) is 0 Å². The van der Waals surface area contributed by atoms with Gasteiger partial charge in [-0.1, -0.05) is 51.1 Å². The minimum Gasteiger partial charge on any atom is -0.478 e. The minimum absolute atomic E-state index is 0.193. The van der Waals surface area contributed by atoms with E-state index in [0.717, 1.165) is 19.0 Å². The molecule has 0 bridgehead atoms. The zero-order valence-corrected chi connectivity index (χ0v) is 11.9. The van der Waals surface area contributed by atoms with E-state index in [-0.39, 0.29) is 5.41 Å². The Morgan fingerprint density at radius 1 is 1.26 bits per heavy atom. The number of aliphatic carboxylic acids is 1. The molecule has 0 aromatic heterocycles. The quantitative estimate of drug-likeness (QED) is 0.611. The van der Waals surface area contributed by atoms with E-state index in [0.29, 0.717) is 6.54 Å². The SMILES string of the molecule is CC(C)(C)c1ccc(CCNC/C=C/C(=O)O)cc1. The number of nitrogens with one attached hydrogen (secondary N) is 1. The summed E-state index contributed by atoms with van der Waals surface area (Å²) in [6, 6.07) is 8.68. The number of rotatable bonds is 6. The molecule has 0 unspecified atom stereocenters. The first-order valence-electron chi connectivity index (χ1n) is 6.59. The summed E-state index contributed by atoms with van der Waals surface area (Å²) in [5, 5.41) is 11.6. The molecule has 0 saturated heterocycles. The maximum atomic E-state index is 10.3. The third-order valence-corrected chi connectivity index (χ3v) is 2.93. The first-order valence-corrected chi connectivity index (χ1v) is 6.59. The molecular weight excluding hydrogens is 238 g/mol. The zero-order valence-electron chi connectivity index (χ0n) is 11.9. The van der Waals surface area contributed by atoms with E-state index in [1.807, 2.05) is 0 Å². The van der Waals surface area contributed by atoms with Gasteiger partial charge in [-0.3, -0.25) is 0 Å². The van der Waals surface area contributed by atoms with Crippen molar-refractivity contribution in [1.82, 2.24) is 5.32 Å². The third-order valence-electron chi connectivity index (χ3n) is 2.93. The van der Waals surface area contributed by atoms with Gasteiger partial charge in [-0.05, 0) is 29.5 Å². The average molecular weight is 261 g/mol. The van der Waals surface area contributed by atoms with Crippen molar-refractivity contribution in [2.24, 2.45) is 0 Å². The van der Waals surface area contributed by atoms with Gasteiger partial charge in [0, 0.05) is 12.6 Å². The fraction of sp³-hybridized carbons (Fsp3) is 0.438. The van der Waals surface area contributed by atoms with Crippen LogP contribution in [-0.2, 0) is 16.6 Å². The number of hydrogen-bond donors (Lipinski definition) is 2. The molecule has 1 rings (SSSR count). The Kier molecular flexibility index (Phi) is 5.77. The lowest BCUT2D eigenvalue weighted by atomic mass is 9.86. The monoisotopic (exact) mass is 261 g/mol. The smallest absolute Gasteiger partial charge is 0.328 e. The van der Waals surface area contributed by atoms with Gasteiger partial charge in [0.25, 0.3) is 0 Å². The molecule has 0 spiro atoms. The van der Waals surface area contributed by atoms with Crippen LogP contribution in [0.25, 0.3) is 0 Å². The zero-order chi connectivity index (χ0) is 14.3. The molecule has 104 valence electrons. The Morgan fingerprint density at radius 2 is 1.89 bits per heavy atom. The Hall–Kier alpha value is -1.61. The summed E-state index contributed by atoms with van der Waals surface area (Å²) in [7, 11) is 0. The average Bonchev–Trinajstić information content (AvgIpc) is 2.32. The molecule has 0 radical (unpaired) electrons. The lowest BCUT2D eigenvalue weighted by Gasteiger charge is -2.19. The second-order valence-electron chi connectivity index (χ2n) is 5.64. The normalized spacial score (nSPS) is 11.9. The number of carboxylic acid groups (broad SMARTS) is 1. The third kappa shape index (κ3) is 6.20. The van der Waals surface area contributed by atoms with E-state index >= 15 is 0 Å². The largest absolute Gasteiger partial charge is 0.478 e. The Balaban J connectivity index is 2.33. The molecule has 0 amide bonds. The molecule has 19 heavy (non-hydrogen) atoms. The molecule has 0 saturated carbocycles. The lowest BCUT2D eigenvalue weighted by molar-refractivity contribution is -0.131. The van der Waals surface area contributed by atoms with Crippen LogP contribution in [0.4, 0.5) is 0 Å². The highest BCUT2D eigenvalue weighted by Gasteiger charge is 2.12. The molecule has 0 aliphatic carbocycles. The van der Waals surface area contributed by atoms with Crippen LogP contribution in [0.1, 0.15) is 31.9 Å². The number of hydrogen-bond acceptors (Lipinski definition) is 2. The predicted molar refractivity (Wildman–Crippen MR) is 78.5 cm³/mol. The lowest BCUT2D eigenvalue weighted by Crippen LogP contribution is -2.17. The van der Waals surface area contributed by atoms with Gasteiger partial charge in [-0.15, -0.1) is 0 Å². The van der Waals surface area contributed by atoms with Crippen molar-refractivity contribution >= 4 is 5.97 Å². The van der Waals surface area contributed by atoms with Crippen LogP contribution in [-0.4, -0.2) is 24.2 Å². The first-order chi connectivity index (χ1) is 8.89. The fourth-order valence-corrected chi connectivity index (χ4v) is 1.75. The van der Waals surface area contributed by atoms with Crippen LogP contribution in [0.15, 0.2) is 36.4 Å². The maximum Gasteiger partial charge on any atom is 0.328 e. The van der Waals surface area contributed by atoms with Crippen molar-refractivity contribution in [2.45, 2.75) is 32.6 Å². The molecule has 1 aromatic carbocycles. The van der Waals surface area contributed by atoms with Gasteiger partial charge in [-0.2, -0.15) is 0 Å². The fourth-order valence-electron chi connectivity index (χ4n) is 1.75. The molecular formula is C16H23NO2. The summed E-state index contributed by atoms with van der Waals surface area (Å²) in [4.78, 5) is 10.3.